The summed E-state index contributed by atoms with van der Waals surface area (Å²) in [5, 5.41) is 0. The summed E-state index contributed by atoms with van der Waals surface area (Å²) in [6, 6.07) is 0. The maximum Gasteiger partial charge on any atom is 0.209 e. The van der Waals surface area contributed by atoms with Crippen LogP contribution >= 0.6 is 35.0 Å². The van der Waals surface area contributed by atoms with Crippen molar-refractivity contribution in [1.29, 1.82) is 0 Å². The zero-order valence-electron chi connectivity index (χ0n) is 3.86. The average molecular weight is 170 g/mol. The maximum absolute atomic E-state index is 9.55. The van der Waals surface area contributed by atoms with Crippen molar-refractivity contribution in [3.8, 4) is 0 Å². The van der Waals surface area contributed by atoms with Crippen molar-refractivity contribution >= 4 is 41.2 Å². The van der Waals surface area contributed by atoms with E-state index in [1.54, 1.807) is 6.29 Å². The van der Waals surface area contributed by atoms with Gasteiger partial charge in [-0.3, -0.25) is 4.79 Å². The highest BCUT2D eigenvalue weighted by molar-refractivity contribution is 8.05. The van der Waals surface area contributed by atoms with Gasteiger partial charge in [0.2, 0.25) is 6.29 Å². The van der Waals surface area contributed by atoms with E-state index in [9.17, 15) is 4.79 Å². The third-order valence-electron chi connectivity index (χ3n) is 0.355. The lowest BCUT2D eigenvalue weighted by Crippen LogP contribution is -1.74. The Balaban J connectivity index is 3.24. The molecule has 45 valence electrons. The molecule has 1 nitrogen and oxygen atoms in total. The van der Waals surface area contributed by atoms with Crippen LogP contribution in [0.15, 0.2) is 9.90 Å². The summed E-state index contributed by atoms with van der Waals surface area (Å²) < 4.78 is 0.412. The van der Waals surface area contributed by atoms with Crippen molar-refractivity contribution in [3.63, 3.8) is 0 Å². The molecule has 0 saturated heterocycles. The van der Waals surface area contributed by atoms with Crippen molar-refractivity contribution in [2.75, 3.05) is 5.75 Å². The molecule has 0 rings (SSSR count). The van der Waals surface area contributed by atoms with E-state index in [1.807, 2.05) is 0 Å². The molecule has 0 aliphatic heterocycles. The van der Waals surface area contributed by atoms with Gasteiger partial charge in [-0.2, -0.15) is 0 Å². The van der Waals surface area contributed by atoms with Gasteiger partial charge in [0.1, 0.15) is 0 Å². The number of hydrogen-bond donors (Lipinski definition) is 0. The first-order valence-electron chi connectivity index (χ1n) is 1.75. The molecule has 0 atom stereocenters. The van der Waals surface area contributed by atoms with Crippen LogP contribution in [0.1, 0.15) is 0 Å². The van der Waals surface area contributed by atoms with Crippen molar-refractivity contribution in [2.45, 2.75) is 0 Å². The van der Waals surface area contributed by atoms with Crippen LogP contribution in [0.25, 0.3) is 0 Å². The number of thioether (sulfide) groups is 1. The summed E-state index contributed by atoms with van der Waals surface area (Å²) in [5.74, 6) is 0.238. The van der Waals surface area contributed by atoms with Crippen LogP contribution in [-0.4, -0.2) is 12.0 Å². The molecule has 1 radical (unpaired) electrons. The zero-order valence-corrected chi connectivity index (χ0v) is 6.19. The molecule has 0 aromatic rings. The third kappa shape index (κ3) is 4.50. The number of carbonyl (C=O) groups excluding carboxylic acids is 1. The summed E-state index contributed by atoms with van der Waals surface area (Å²) in [7, 11) is 0. The number of hydrogen-bond acceptors (Lipinski definition) is 2. The predicted molar refractivity (Wildman–Crippen MR) is 37.9 cm³/mol. The molecule has 0 bridgehead atoms. The molecule has 4 heteroatoms. The molecular formula is C4H3Cl2OS. The Morgan fingerprint density at radius 1 is 1.88 bits per heavy atom. The van der Waals surface area contributed by atoms with Crippen LogP contribution < -0.4 is 0 Å². The minimum Gasteiger partial charge on any atom is -0.290 e. The van der Waals surface area contributed by atoms with Gasteiger partial charge < -0.3 is 0 Å². The van der Waals surface area contributed by atoms with Gasteiger partial charge in [-0.25, -0.2) is 0 Å². The summed E-state index contributed by atoms with van der Waals surface area (Å²) in [4.78, 5) is 9.55. The van der Waals surface area contributed by atoms with Crippen LogP contribution in [0.4, 0.5) is 0 Å². The molecule has 0 heterocycles. The molecule has 0 unspecified atom stereocenters. The molecule has 0 fully saturated rings. The zero-order chi connectivity index (χ0) is 6.41. The highest BCUT2D eigenvalue weighted by atomic mass is 35.5. The lowest BCUT2D eigenvalue weighted by atomic mass is 10.9. The smallest absolute Gasteiger partial charge is 0.209 e. The fraction of sp³-hybridized carbons (Fsp3) is 0.250. The Hall–Kier alpha value is 0.340. The molecular weight excluding hydrogens is 167 g/mol. The van der Waals surface area contributed by atoms with E-state index in [-0.39, 0.29) is 5.75 Å². The third-order valence-corrected chi connectivity index (χ3v) is 1.91. The van der Waals surface area contributed by atoms with E-state index in [1.165, 1.54) is 5.54 Å². The van der Waals surface area contributed by atoms with Crippen molar-refractivity contribution in [2.24, 2.45) is 0 Å². The standard InChI is InChI=1S/C4H3Cl2OS/c5-3-4(6)8-2-1-7/h3H,2H2. The van der Waals surface area contributed by atoms with E-state index < -0.39 is 0 Å². The Morgan fingerprint density at radius 2 is 2.50 bits per heavy atom. The molecule has 0 saturated carbocycles. The Bertz CT molecular complexity index is 102. The van der Waals surface area contributed by atoms with Crippen LogP contribution in [0.3, 0.4) is 0 Å². The first-order valence-corrected chi connectivity index (χ1v) is 3.55. The van der Waals surface area contributed by atoms with Crippen LogP contribution in [-0.2, 0) is 4.79 Å². The maximum atomic E-state index is 9.55. The second-order valence-corrected chi connectivity index (χ2v) is 2.71. The highest BCUT2D eigenvalue weighted by Gasteiger charge is 1.88. The van der Waals surface area contributed by atoms with Gasteiger partial charge in [-0.1, -0.05) is 23.2 Å². The van der Waals surface area contributed by atoms with E-state index in [2.05, 4.69) is 0 Å². The van der Waals surface area contributed by atoms with E-state index in [0.717, 1.165) is 11.8 Å². The van der Waals surface area contributed by atoms with Crippen LogP contribution in [0.5, 0.6) is 0 Å². The molecule has 0 N–H and O–H groups in total. The van der Waals surface area contributed by atoms with Gasteiger partial charge in [0.05, 0.1) is 10.1 Å². The topological polar surface area (TPSA) is 17.1 Å². The second-order valence-electron chi connectivity index (χ2n) is 0.846. The Labute approximate surface area is 62.0 Å². The van der Waals surface area contributed by atoms with Crippen LogP contribution in [0.2, 0.25) is 0 Å². The molecule has 0 amide bonds. The fourth-order valence-corrected chi connectivity index (χ4v) is 0.742. The molecule has 0 spiro atoms. The van der Waals surface area contributed by atoms with E-state index in [0.29, 0.717) is 4.36 Å². The highest BCUT2D eigenvalue weighted by Crippen LogP contribution is 2.18. The quantitative estimate of drug-likeness (QED) is 0.645. The monoisotopic (exact) mass is 169 g/mol. The lowest BCUT2D eigenvalue weighted by Gasteiger charge is -1.85. The van der Waals surface area contributed by atoms with Crippen molar-refractivity contribution in [1.82, 2.24) is 0 Å². The van der Waals surface area contributed by atoms with Gasteiger partial charge in [0.25, 0.3) is 0 Å². The van der Waals surface area contributed by atoms with Gasteiger partial charge >= 0.3 is 0 Å². The first-order chi connectivity index (χ1) is 3.81. The lowest BCUT2D eigenvalue weighted by molar-refractivity contribution is 0.560. The fourth-order valence-electron chi connectivity index (χ4n) is 0.130. The summed E-state index contributed by atoms with van der Waals surface area (Å²) >= 11 is 11.6. The Morgan fingerprint density at radius 3 is 2.88 bits per heavy atom. The van der Waals surface area contributed by atoms with Crippen LogP contribution in [0, 0.1) is 0 Å². The largest absolute Gasteiger partial charge is 0.290 e. The minimum atomic E-state index is 0.238. The van der Waals surface area contributed by atoms with E-state index >= 15 is 0 Å². The van der Waals surface area contributed by atoms with Gasteiger partial charge in [-0.15, -0.1) is 11.8 Å². The van der Waals surface area contributed by atoms with Gasteiger partial charge in [0, 0.05) is 5.54 Å². The average Bonchev–Trinajstić information content (AvgIpc) is 1.83. The normalized spacial score (nSPS) is 11.5. The molecule has 0 aromatic heterocycles. The van der Waals surface area contributed by atoms with Crippen molar-refractivity contribution in [3.05, 3.63) is 9.90 Å². The van der Waals surface area contributed by atoms with Gasteiger partial charge in [-0.05, 0) is 0 Å². The molecule has 0 aliphatic rings. The van der Waals surface area contributed by atoms with E-state index in [4.69, 9.17) is 23.2 Å². The Kier molecular flexibility index (Phi) is 5.71. The molecule has 8 heavy (non-hydrogen) atoms. The minimum absolute atomic E-state index is 0.238. The van der Waals surface area contributed by atoms with Crippen molar-refractivity contribution < 1.29 is 4.79 Å². The number of halogens is 2. The number of rotatable bonds is 3. The second kappa shape index (κ2) is 5.48. The SMILES string of the molecule is O=[C]CSC(Cl)=CCl. The summed E-state index contributed by atoms with van der Waals surface area (Å²) in [5.41, 5.74) is 1.21. The molecule has 0 aromatic carbocycles. The summed E-state index contributed by atoms with van der Waals surface area (Å²) in [6.45, 7) is 0. The summed E-state index contributed by atoms with van der Waals surface area (Å²) in [6.07, 6.45) is 1.66. The molecule has 0 aliphatic carbocycles. The van der Waals surface area contributed by atoms with Gasteiger partial charge in [0.15, 0.2) is 0 Å². The predicted octanol–water partition coefficient (Wildman–Crippen LogP) is 2.11. The first kappa shape index (κ1) is 8.34.